The molecule has 0 spiro atoms. The van der Waals surface area contributed by atoms with E-state index in [4.69, 9.17) is 4.74 Å². The van der Waals surface area contributed by atoms with Gasteiger partial charge in [-0.25, -0.2) is 13.8 Å². The molecule has 34 heavy (non-hydrogen) atoms. The molecule has 0 aliphatic carbocycles. The molecular formula is C22H20N4O7S. The highest BCUT2D eigenvalue weighted by Crippen LogP contribution is 2.28. The lowest BCUT2D eigenvalue weighted by atomic mass is 10.2. The van der Waals surface area contributed by atoms with Crippen molar-refractivity contribution >= 4 is 33.5 Å². The Balaban J connectivity index is 1.85. The van der Waals surface area contributed by atoms with Crippen LogP contribution in [0.1, 0.15) is 5.56 Å². The van der Waals surface area contributed by atoms with Gasteiger partial charge >= 0.3 is 0 Å². The Morgan fingerprint density at radius 1 is 1.12 bits per heavy atom. The molecule has 0 radical (unpaired) electrons. The summed E-state index contributed by atoms with van der Waals surface area (Å²) in [5.41, 5.74) is 2.31. The Labute approximate surface area is 195 Å². The summed E-state index contributed by atoms with van der Waals surface area (Å²) in [7, 11) is -2.79. The molecule has 0 saturated heterocycles. The molecule has 0 heterocycles. The van der Waals surface area contributed by atoms with Gasteiger partial charge in [-0.1, -0.05) is 24.3 Å². The van der Waals surface area contributed by atoms with Crippen molar-refractivity contribution in [1.82, 2.24) is 5.43 Å². The van der Waals surface area contributed by atoms with Gasteiger partial charge in [0.05, 0.1) is 28.8 Å². The SMILES string of the molecule is COc1cccc(/C=N\NC(=O)CN(c2ccc([N+](=O)[O-])cc2)S(=O)(=O)c2ccccc2)c1O. The van der Waals surface area contributed by atoms with Crippen LogP contribution in [-0.4, -0.2) is 44.2 Å². The number of amides is 1. The molecule has 0 aliphatic rings. The number of non-ortho nitro benzene ring substituents is 1. The van der Waals surface area contributed by atoms with Crippen LogP contribution in [0.2, 0.25) is 0 Å². The summed E-state index contributed by atoms with van der Waals surface area (Å²) in [4.78, 5) is 22.8. The van der Waals surface area contributed by atoms with E-state index in [0.29, 0.717) is 0 Å². The largest absolute Gasteiger partial charge is 0.504 e. The van der Waals surface area contributed by atoms with Crippen LogP contribution in [0, 0.1) is 10.1 Å². The van der Waals surface area contributed by atoms with Crippen molar-refractivity contribution in [1.29, 1.82) is 0 Å². The van der Waals surface area contributed by atoms with Crippen LogP contribution in [-0.2, 0) is 14.8 Å². The molecule has 0 aliphatic heterocycles. The zero-order valence-corrected chi connectivity index (χ0v) is 18.7. The molecule has 0 bridgehead atoms. The van der Waals surface area contributed by atoms with E-state index in [9.17, 15) is 28.4 Å². The first-order valence-corrected chi connectivity index (χ1v) is 11.2. The maximum atomic E-state index is 13.2. The second kappa shape index (κ2) is 10.4. The van der Waals surface area contributed by atoms with Crippen molar-refractivity contribution in [3.05, 3.63) is 88.5 Å². The minimum atomic E-state index is -4.18. The number of carbonyl (C=O) groups is 1. The standard InChI is InChI=1S/C22H20N4O7S/c1-33-20-9-5-6-16(22(20)28)14-23-24-21(27)15-25(17-10-12-18(13-11-17)26(29)30)34(31,32)19-7-3-2-4-8-19/h2-14,28H,15H2,1H3,(H,24,27)/b23-14-. The summed E-state index contributed by atoms with van der Waals surface area (Å²) in [5.74, 6) is -0.743. The summed E-state index contributed by atoms with van der Waals surface area (Å²) in [6.45, 7) is -0.656. The summed E-state index contributed by atoms with van der Waals surface area (Å²) >= 11 is 0. The number of nitrogens with zero attached hydrogens (tertiary/aromatic N) is 3. The number of hydrogen-bond acceptors (Lipinski definition) is 8. The molecule has 0 saturated carbocycles. The van der Waals surface area contributed by atoms with Crippen molar-refractivity contribution in [2.45, 2.75) is 4.90 Å². The first-order chi connectivity index (χ1) is 16.2. The molecule has 176 valence electrons. The fourth-order valence-corrected chi connectivity index (χ4v) is 4.37. The molecular weight excluding hydrogens is 464 g/mol. The Bertz CT molecular complexity index is 1310. The number of aromatic hydroxyl groups is 1. The van der Waals surface area contributed by atoms with E-state index in [1.165, 1.54) is 55.8 Å². The van der Waals surface area contributed by atoms with Crippen molar-refractivity contribution < 1.29 is 28.0 Å². The summed E-state index contributed by atoms with van der Waals surface area (Å²) in [5, 5.41) is 24.8. The maximum Gasteiger partial charge on any atom is 0.269 e. The predicted molar refractivity (Wildman–Crippen MR) is 124 cm³/mol. The van der Waals surface area contributed by atoms with Gasteiger partial charge in [-0.15, -0.1) is 0 Å². The highest BCUT2D eigenvalue weighted by atomic mass is 32.2. The summed E-state index contributed by atoms with van der Waals surface area (Å²) in [6, 6.07) is 16.9. The number of carbonyl (C=O) groups excluding carboxylic acids is 1. The number of sulfonamides is 1. The number of para-hydroxylation sites is 1. The number of rotatable bonds is 9. The van der Waals surface area contributed by atoms with E-state index in [1.807, 2.05) is 0 Å². The van der Waals surface area contributed by atoms with E-state index in [1.54, 1.807) is 18.2 Å². The molecule has 2 N–H and O–H groups in total. The molecule has 3 aromatic rings. The Hall–Kier alpha value is -4.45. The third-order valence-electron chi connectivity index (χ3n) is 4.61. The number of phenols is 1. The molecule has 12 heteroatoms. The fourth-order valence-electron chi connectivity index (χ4n) is 2.92. The van der Waals surface area contributed by atoms with E-state index in [-0.39, 0.29) is 33.3 Å². The Kier molecular flexibility index (Phi) is 7.43. The number of nitro groups is 1. The van der Waals surface area contributed by atoms with Crippen LogP contribution >= 0.6 is 0 Å². The normalized spacial score (nSPS) is 11.2. The van der Waals surface area contributed by atoms with Gasteiger partial charge in [0.1, 0.15) is 6.54 Å². The van der Waals surface area contributed by atoms with Gasteiger partial charge in [0.25, 0.3) is 21.6 Å². The number of hydrazone groups is 1. The second-order valence-corrected chi connectivity index (χ2v) is 8.65. The number of ether oxygens (including phenoxy) is 1. The van der Waals surface area contributed by atoms with E-state index in [0.717, 1.165) is 16.4 Å². The van der Waals surface area contributed by atoms with Gasteiger partial charge in [0.15, 0.2) is 11.5 Å². The quantitative estimate of drug-likeness (QED) is 0.269. The fraction of sp³-hybridized carbons (Fsp3) is 0.0909. The average molecular weight is 484 g/mol. The number of hydrogen-bond donors (Lipinski definition) is 2. The van der Waals surface area contributed by atoms with Gasteiger partial charge in [0.2, 0.25) is 0 Å². The van der Waals surface area contributed by atoms with E-state index in [2.05, 4.69) is 10.5 Å². The average Bonchev–Trinajstić information content (AvgIpc) is 2.84. The van der Waals surface area contributed by atoms with Crippen molar-refractivity contribution in [2.75, 3.05) is 18.0 Å². The molecule has 3 rings (SSSR count). The number of phenolic OH excluding ortho intramolecular Hbond substituents is 1. The van der Waals surface area contributed by atoms with Gasteiger partial charge in [-0.3, -0.25) is 19.2 Å². The molecule has 0 unspecified atom stereocenters. The van der Waals surface area contributed by atoms with Crippen molar-refractivity contribution in [2.24, 2.45) is 5.10 Å². The third-order valence-corrected chi connectivity index (χ3v) is 6.40. The van der Waals surface area contributed by atoms with Gasteiger partial charge in [-0.2, -0.15) is 5.10 Å². The van der Waals surface area contributed by atoms with Crippen molar-refractivity contribution in [3.63, 3.8) is 0 Å². The number of nitrogens with one attached hydrogen (secondary N) is 1. The summed E-state index contributed by atoms with van der Waals surface area (Å²) < 4.78 is 32.3. The van der Waals surface area contributed by atoms with Gasteiger partial charge < -0.3 is 9.84 Å². The molecule has 1 amide bonds. The molecule has 11 nitrogen and oxygen atoms in total. The molecule has 0 aromatic heterocycles. The van der Waals surface area contributed by atoms with Crippen LogP contribution in [0.25, 0.3) is 0 Å². The zero-order valence-electron chi connectivity index (χ0n) is 17.9. The minimum absolute atomic E-state index is 0.0547. The van der Waals surface area contributed by atoms with Crippen LogP contribution in [0.3, 0.4) is 0 Å². The first kappa shape index (κ1) is 24.2. The first-order valence-electron chi connectivity index (χ1n) is 9.74. The molecule has 3 aromatic carbocycles. The van der Waals surface area contributed by atoms with Crippen LogP contribution in [0.5, 0.6) is 11.5 Å². The van der Waals surface area contributed by atoms with Crippen LogP contribution in [0.4, 0.5) is 11.4 Å². The Morgan fingerprint density at radius 3 is 2.41 bits per heavy atom. The third kappa shape index (κ3) is 5.48. The molecule has 0 atom stereocenters. The highest BCUT2D eigenvalue weighted by molar-refractivity contribution is 7.92. The van der Waals surface area contributed by atoms with Gasteiger partial charge in [-0.05, 0) is 36.4 Å². The van der Waals surface area contributed by atoms with E-state index < -0.39 is 27.4 Å². The van der Waals surface area contributed by atoms with Gasteiger partial charge in [0, 0.05) is 17.7 Å². The summed E-state index contributed by atoms with van der Waals surface area (Å²) in [6.07, 6.45) is 1.18. The maximum absolute atomic E-state index is 13.2. The number of nitro benzene ring substituents is 1. The van der Waals surface area contributed by atoms with Crippen LogP contribution in [0.15, 0.2) is 82.8 Å². The lowest BCUT2D eigenvalue weighted by molar-refractivity contribution is -0.384. The number of anilines is 1. The monoisotopic (exact) mass is 484 g/mol. The van der Waals surface area contributed by atoms with Crippen molar-refractivity contribution in [3.8, 4) is 11.5 Å². The number of benzene rings is 3. The highest BCUT2D eigenvalue weighted by Gasteiger charge is 2.27. The zero-order chi connectivity index (χ0) is 24.7. The molecule has 0 fully saturated rings. The number of methoxy groups -OCH3 is 1. The lowest BCUT2D eigenvalue weighted by Gasteiger charge is -2.23. The lowest BCUT2D eigenvalue weighted by Crippen LogP contribution is -2.39. The smallest absolute Gasteiger partial charge is 0.269 e. The minimum Gasteiger partial charge on any atom is -0.504 e. The topological polar surface area (TPSA) is 151 Å². The predicted octanol–water partition coefficient (Wildman–Crippen LogP) is 2.65. The Morgan fingerprint density at radius 2 is 1.79 bits per heavy atom. The van der Waals surface area contributed by atoms with E-state index >= 15 is 0 Å². The van der Waals surface area contributed by atoms with Crippen LogP contribution < -0.4 is 14.5 Å². The second-order valence-electron chi connectivity index (χ2n) is 6.79.